The van der Waals surface area contributed by atoms with Crippen LogP contribution in [0.25, 0.3) is 0 Å². The van der Waals surface area contributed by atoms with Crippen molar-refractivity contribution in [2.75, 3.05) is 32.1 Å². The van der Waals surface area contributed by atoms with Crippen molar-refractivity contribution in [3.05, 3.63) is 0 Å². The lowest BCUT2D eigenvalue weighted by Gasteiger charge is -2.24. The summed E-state index contributed by atoms with van der Waals surface area (Å²) >= 11 is 1.90. The smallest absolute Gasteiger partial charge is 0.0192 e. The van der Waals surface area contributed by atoms with Crippen LogP contribution in [0.4, 0.5) is 0 Å². The molecule has 13 heavy (non-hydrogen) atoms. The van der Waals surface area contributed by atoms with E-state index in [-0.39, 0.29) is 0 Å². The van der Waals surface area contributed by atoms with E-state index in [2.05, 4.69) is 30.4 Å². The van der Waals surface area contributed by atoms with Gasteiger partial charge >= 0.3 is 0 Å². The first-order chi connectivity index (χ1) is 6.25. The summed E-state index contributed by atoms with van der Waals surface area (Å²) in [5, 5.41) is 3.49. The molecule has 0 amide bonds. The first kappa shape index (κ1) is 11.3. The molecule has 0 aromatic heterocycles. The number of nitrogens with one attached hydrogen (secondary N) is 1. The fourth-order valence-electron chi connectivity index (χ4n) is 1.47. The average molecular weight is 202 g/mol. The van der Waals surface area contributed by atoms with Gasteiger partial charge in [-0.2, -0.15) is 11.8 Å². The molecule has 3 heteroatoms. The Morgan fingerprint density at radius 3 is 2.77 bits per heavy atom. The summed E-state index contributed by atoms with van der Waals surface area (Å²) in [6, 6.07) is 1.58. The van der Waals surface area contributed by atoms with Crippen LogP contribution in [0, 0.1) is 0 Å². The summed E-state index contributed by atoms with van der Waals surface area (Å²) in [7, 11) is 2.25. The second-order valence-electron chi connectivity index (χ2n) is 3.94. The summed E-state index contributed by atoms with van der Waals surface area (Å²) in [4.78, 5) is 2.51. The highest BCUT2D eigenvalue weighted by Crippen LogP contribution is 2.26. The number of likely N-dealkylation sites (N-methyl/N-ethyl adjacent to an activating group) is 1. The number of rotatable bonds is 7. The van der Waals surface area contributed by atoms with Crippen LogP contribution in [0.1, 0.15) is 19.8 Å². The Bertz CT molecular complexity index is 137. The van der Waals surface area contributed by atoms with Crippen molar-refractivity contribution < 1.29 is 0 Å². The number of thioether (sulfide) groups is 1. The van der Waals surface area contributed by atoms with Crippen LogP contribution in [-0.2, 0) is 0 Å². The summed E-state index contributed by atoms with van der Waals surface area (Å²) in [5.74, 6) is 1.22. The van der Waals surface area contributed by atoms with Gasteiger partial charge in [-0.3, -0.25) is 4.90 Å². The lowest BCUT2D eigenvalue weighted by molar-refractivity contribution is 0.242. The molecule has 0 heterocycles. The Morgan fingerprint density at radius 1 is 1.54 bits per heavy atom. The molecule has 0 bridgehead atoms. The van der Waals surface area contributed by atoms with Gasteiger partial charge < -0.3 is 5.32 Å². The van der Waals surface area contributed by atoms with Gasteiger partial charge in [0.1, 0.15) is 0 Å². The molecular formula is C10H22N2S. The van der Waals surface area contributed by atoms with Crippen LogP contribution in [0.15, 0.2) is 0 Å². The minimum atomic E-state index is 0.689. The first-order valence-electron chi connectivity index (χ1n) is 5.17. The highest BCUT2D eigenvalue weighted by Gasteiger charge is 2.28. The highest BCUT2D eigenvalue weighted by atomic mass is 32.2. The predicted molar refractivity (Wildman–Crippen MR) is 61.5 cm³/mol. The molecule has 0 aliphatic heterocycles. The summed E-state index contributed by atoms with van der Waals surface area (Å²) in [5.41, 5.74) is 0. The second-order valence-corrected chi connectivity index (χ2v) is 4.93. The van der Waals surface area contributed by atoms with Crippen LogP contribution < -0.4 is 5.32 Å². The Labute approximate surface area is 86.5 Å². The molecule has 1 aliphatic rings. The quantitative estimate of drug-likeness (QED) is 0.629. The van der Waals surface area contributed by atoms with Gasteiger partial charge in [-0.15, -0.1) is 0 Å². The predicted octanol–water partition coefficient (Wildman–Crippen LogP) is 1.42. The van der Waals surface area contributed by atoms with Crippen molar-refractivity contribution >= 4 is 11.8 Å². The molecule has 1 rings (SSSR count). The fourth-order valence-corrected chi connectivity index (χ4v) is 1.82. The van der Waals surface area contributed by atoms with Crippen LogP contribution in [-0.4, -0.2) is 49.1 Å². The molecule has 2 nitrogen and oxygen atoms in total. The Balaban J connectivity index is 1.99. The molecule has 0 aromatic rings. The van der Waals surface area contributed by atoms with Crippen LogP contribution in [0.3, 0.4) is 0 Å². The third-order valence-corrected chi connectivity index (χ3v) is 3.35. The summed E-state index contributed by atoms with van der Waals surface area (Å²) in [6.07, 6.45) is 4.97. The lowest BCUT2D eigenvalue weighted by Crippen LogP contribution is -2.39. The average Bonchev–Trinajstić information content (AvgIpc) is 2.94. The lowest BCUT2D eigenvalue weighted by atomic mass is 10.3. The van der Waals surface area contributed by atoms with Gasteiger partial charge in [0.05, 0.1) is 0 Å². The van der Waals surface area contributed by atoms with E-state index < -0.39 is 0 Å². The molecule has 0 radical (unpaired) electrons. The molecule has 1 atom stereocenters. The van der Waals surface area contributed by atoms with Crippen molar-refractivity contribution in [3.8, 4) is 0 Å². The van der Waals surface area contributed by atoms with Gasteiger partial charge in [0.2, 0.25) is 0 Å². The molecule has 1 unspecified atom stereocenters. The minimum absolute atomic E-state index is 0.689. The van der Waals surface area contributed by atoms with Crippen LogP contribution in [0.2, 0.25) is 0 Å². The molecule has 1 aliphatic carbocycles. The van der Waals surface area contributed by atoms with E-state index >= 15 is 0 Å². The Hall–Kier alpha value is 0.270. The van der Waals surface area contributed by atoms with Crippen molar-refractivity contribution in [2.45, 2.75) is 31.8 Å². The van der Waals surface area contributed by atoms with E-state index in [4.69, 9.17) is 0 Å². The molecule has 0 spiro atoms. The van der Waals surface area contributed by atoms with Gasteiger partial charge in [0.15, 0.2) is 0 Å². The molecule has 1 fully saturated rings. The zero-order valence-electron chi connectivity index (χ0n) is 9.05. The van der Waals surface area contributed by atoms with Gasteiger partial charge in [-0.25, -0.2) is 0 Å². The topological polar surface area (TPSA) is 15.3 Å². The van der Waals surface area contributed by atoms with E-state index in [1.54, 1.807) is 0 Å². The third kappa shape index (κ3) is 4.34. The van der Waals surface area contributed by atoms with Gasteiger partial charge in [-0.1, -0.05) is 0 Å². The molecule has 0 aromatic carbocycles. The Morgan fingerprint density at radius 2 is 2.23 bits per heavy atom. The van der Waals surface area contributed by atoms with Gasteiger partial charge in [0, 0.05) is 30.9 Å². The largest absolute Gasteiger partial charge is 0.314 e. The van der Waals surface area contributed by atoms with Crippen molar-refractivity contribution in [2.24, 2.45) is 0 Å². The third-order valence-electron chi connectivity index (χ3n) is 2.74. The zero-order valence-corrected chi connectivity index (χ0v) is 9.86. The van der Waals surface area contributed by atoms with Crippen molar-refractivity contribution in [3.63, 3.8) is 0 Å². The Kier molecular flexibility index (Phi) is 5.14. The van der Waals surface area contributed by atoms with Gasteiger partial charge in [0.25, 0.3) is 0 Å². The summed E-state index contributed by atoms with van der Waals surface area (Å²) < 4.78 is 0. The SMILES string of the molecule is CSCCNCC(C)N(C)C1CC1. The van der Waals surface area contributed by atoms with E-state index in [9.17, 15) is 0 Å². The fraction of sp³-hybridized carbons (Fsp3) is 1.00. The second kappa shape index (κ2) is 5.89. The molecule has 78 valence electrons. The summed E-state index contributed by atoms with van der Waals surface area (Å²) in [6.45, 7) is 4.59. The standard InChI is InChI=1S/C10H22N2S/c1-9(8-11-6-7-13-3)12(2)10-4-5-10/h9-11H,4-8H2,1-3H3. The molecular weight excluding hydrogens is 180 g/mol. The normalized spacial score (nSPS) is 19.4. The molecule has 1 saturated carbocycles. The minimum Gasteiger partial charge on any atom is -0.314 e. The van der Waals surface area contributed by atoms with E-state index in [0.717, 1.165) is 19.1 Å². The maximum absolute atomic E-state index is 3.49. The van der Waals surface area contributed by atoms with Crippen molar-refractivity contribution in [1.29, 1.82) is 0 Å². The first-order valence-corrected chi connectivity index (χ1v) is 6.56. The van der Waals surface area contributed by atoms with Crippen LogP contribution >= 0.6 is 11.8 Å². The number of nitrogens with zero attached hydrogens (tertiary/aromatic N) is 1. The van der Waals surface area contributed by atoms with Crippen molar-refractivity contribution in [1.82, 2.24) is 10.2 Å². The monoisotopic (exact) mass is 202 g/mol. The molecule has 0 saturated heterocycles. The molecule has 1 N–H and O–H groups in total. The van der Waals surface area contributed by atoms with Crippen LogP contribution in [0.5, 0.6) is 0 Å². The van der Waals surface area contributed by atoms with E-state index in [0.29, 0.717) is 6.04 Å². The highest BCUT2D eigenvalue weighted by molar-refractivity contribution is 7.98. The number of hydrogen-bond acceptors (Lipinski definition) is 3. The zero-order chi connectivity index (χ0) is 9.68. The maximum atomic E-state index is 3.49. The van der Waals surface area contributed by atoms with E-state index in [1.165, 1.54) is 18.6 Å². The van der Waals surface area contributed by atoms with Gasteiger partial charge in [-0.05, 0) is 33.1 Å². The number of hydrogen-bond donors (Lipinski definition) is 1. The maximum Gasteiger partial charge on any atom is 0.0192 e. The van der Waals surface area contributed by atoms with E-state index in [1.807, 2.05) is 11.8 Å².